The number of anilines is 1. The summed E-state index contributed by atoms with van der Waals surface area (Å²) in [6.45, 7) is 0.295. The van der Waals surface area contributed by atoms with E-state index in [-0.39, 0.29) is 5.69 Å². The first-order valence-corrected chi connectivity index (χ1v) is 6.38. The van der Waals surface area contributed by atoms with Crippen LogP contribution in [-0.4, -0.2) is 0 Å². The van der Waals surface area contributed by atoms with Gasteiger partial charge in [-0.25, -0.2) is 0 Å². The van der Waals surface area contributed by atoms with Gasteiger partial charge in [0.1, 0.15) is 0 Å². The standard InChI is InChI=1S/C15H10ClF3N2/c16-14-4-2-1-3-11(14)9-21-12-6-5-10(8-20)13(7-12)15(17,18)19/h1-7,21H,9H2. The van der Waals surface area contributed by atoms with E-state index in [1.54, 1.807) is 30.3 Å². The molecule has 0 atom stereocenters. The number of hydrogen-bond acceptors (Lipinski definition) is 2. The summed E-state index contributed by atoms with van der Waals surface area (Å²) >= 11 is 5.98. The lowest BCUT2D eigenvalue weighted by Gasteiger charge is -2.12. The van der Waals surface area contributed by atoms with Crippen molar-refractivity contribution in [2.45, 2.75) is 12.7 Å². The molecule has 6 heteroatoms. The van der Waals surface area contributed by atoms with Crippen molar-refractivity contribution in [1.29, 1.82) is 5.26 Å². The Bertz CT molecular complexity index is 690. The number of nitriles is 1. The molecule has 0 spiro atoms. The first-order valence-electron chi connectivity index (χ1n) is 6.00. The molecule has 0 heterocycles. The summed E-state index contributed by atoms with van der Waals surface area (Å²) in [5.74, 6) is 0. The van der Waals surface area contributed by atoms with Crippen LogP contribution >= 0.6 is 11.6 Å². The largest absolute Gasteiger partial charge is 0.417 e. The van der Waals surface area contributed by atoms with Gasteiger partial charge in [0.15, 0.2) is 0 Å². The van der Waals surface area contributed by atoms with E-state index in [1.165, 1.54) is 6.07 Å². The molecule has 0 fully saturated rings. The summed E-state index contributed by atoms with van der Waals surface area (Å²) < 4.78 is 38.5. The fourth-order valence-electron chi connectivity index (χ4n) is 1.83. The molecule has 0 saturated heterocycles. The number of rotatable bonds is 3. The molecule has 0 amide bonds. The number of nitrogens with one attached hydrogen (secondary N) is 1. The highest BCUT2D eigenvalue weighted by Crippen LogP contribution is 2.33. The van der Waals surface area contributed by atoms with E-state index in [9.17, 15) is 13.2 Å². The van der Waals surface area contributed by atoms with Crippen molar-refractivity contribution >= 4 is 17.3 Å². The summed E-state index contributed by atoms with van der Waals surface area (Å²) in [5, 5.41) is 12.1. The van der Waals surface area contributed by atoms with E-state index in [1.807, 2.05) is 0 Å². The number of nitrogens with zero attached hydrogens (tertiary/aromatic N) is 1. The van der Waals surface area contributed by atoms with E-state index >= 15 is 0 Å². The van der Waals surface area contributed by atoms with Crippen molar-refractivity contribution in [3.63, 3.8) is 0 Å². The van der Waals surface area contributed by atoms with Crippen molar-refractivity contribution in [2.24, 2.45) is 0 Å². The van der Waals surface area contributed by atoms with Crippen LogP contribution in [0.5, 0.6) is 0 Å². The average Bonchev–Trinajstić information content (AvgIpc) is 2.45. The topological polar surface area (TPSA) is 35.8 Å². The monoisotopic (exact) mass is 310 g/mol. The van der Waals surface area contributed by atoms with Crippen LogP contribution < -0.4 is 5.32 Å². The zero-order chi connectivity index (χ0) is 15.5. The zero-order valence-electron chi connectivity index (χ0n) is 10.7. The van der Waals surface area contributed by atoms with Crippen LogP contribution in [0.3, 0.4) is 0 Å². The SMILES string of the molecule is N#Cc1ccc(NCc2ccccc2Cl)cc1C(F)(F)F. The highest BCUT2D eigenvalue weighted by atomic mass is 35.5. The Morgan fingerprint density at radius 1 is 1.14 bits per heavy atom. The molecule has 0 bridgehead atoms. The Labute approximate surface area is 124 Å². The molecule has 0 aliphatic heterocycles. The lowest BCUT2D eigenvalue weighted by atomic mass is 10.1. The van der Waals surface area contributed by atoms with Gasteiger partial charge in [-0.2, -0.15) is 18.4 Å². The minimum atomic E-state index is -4.56. The molecule has 2 rings (SSSR count). The van der Waals surface area contributed by atoms with Gasteiger partial charge in [0.2, 0.25) is 0 Å². The molecule has 0 aliphatic rings. The minimum Gasteiger partial charge on any atom is -0.381 e. The van der Waals surface area contributed by atoms with E-state index in [2.05, 4.69) is 5.32 Å². The van der Waals surface area contributed by atoms with Crippen LogP contribution in [-0.2, 0) is 12.7 Å². The van der Waals surface area contributed by atoms with Gasteiger partial charge < -0.3 is 5.32 Å². The van der Waals surface area contributed by atoms with Gasteiger partial charge in [0.25, 0.3) is 0 Å². The van der Waals surface area contributed by atoms with Crippen molar-refractivity contribution in [1.82, 2.24) is 0 Å². The average molecular weight is 311 g/mol. The van der Waals surface area contributed by atoms with Gasteiger partial charge in [0, 0.05) is 17.3 Å². The van der Waals surface area contributed by atoms with Gasteiger partial charge in [-0.3, -0.25) is 0 Å². The number of hydrogen-bond donors (Lipinski definition) is 1. The molecule has 2 nitrogen and oxygen atoms in total. The normalized spacial score (nSPS) is 11.0. The maximum absolute atomic E-state index is 12.8. The molecule has 2 aromatic rings. The molecule has 0 unspecified atom stereocenters. The Hall–Kier alpha value is -2.19. The minimum absolute atomic E-state index is 0.279. The van der Waals surface area contributed by atoms with Crippen molar-refractivity contribution in [3.8, 4) is 6.07 Å². The summed E-state index contributed by atoms with van der Waals surface area (Å²) in [6, 6.07) is 12.1. The molecule has 1 N–H and O–H groups in total. The van der Waals surface area contributed by atoms with E-state index in [0.717, 1.165) is 17.7 Å². The van der Waals surface area contributed by atoms with Gasteiger partial charge in [-0.15, -0.1) is 0 Å². The summed E-state index contributed by atoms with van der Waals surface area (Å²) in [6.07, 6.45) is -4.56. The first-order chi connectivity index (χ1) is 9.91. The highest BCUT2D eigenvalue weighted by molar-refractivity contribution is 6.31. The smallest absolute Gasteiger partial charge is 0.381 e. The Morgan fingerprint density at radius 2 is 1.86 bits per heavy atom. The van der Waals surface area contributed by atoms with E-state index < -0.39 is 17.3 Å². The van der Waals surface area contributed by atoms with Crippen LogP contribution in [0.1, 0.15) is 16.7 Å². The van der Waals surface area contributed by atoms with Gasteiger partial charge in [0.05, 0.1) is 17.2 Å². The van der Waals surface area contributed by atoms with Gasteiger partial charge in [-0.1, -0.05) is 29.8 Å². The second-order valence-electron chi connectivity index (χ2n) is 4.31. The van der Waals surface area contributed by atoms with Crippen molar-refractivity contribution in [3.05, 3.63) is 64.2 Å². The Balaban J connectivity index is 2.23. The molecule has 2 aromatic carbocycles. The molecule has 0 aromatic heterocycles. The maximum atomic E-state index is 12.8. The Morgan fingerprint density at radius 3 is 2.48 bits per heavy atom. The number of halogens is 4. The van der Waals surface area contributed by atoms with Crippen molar-refractivity contribution in [2.75, 3.05) is 5.32 Å². The second-order valence-corrected chi connectivity index (χ2v) is 4.72. The third kappa shape index (κ3) is 3.67. The van der Waals surface area contributed by atoms with E-state index in [0.29, 0.717) is 11.6 Å². The van der Waals surface area contributed by atoms with Crippen LogP contribution in [0.2, 0.25) is 5.02 Å². The van der Waals surface area contributed by atoms with Crippen LogP contribution in [0, 0.1) is 11.3 Å². The molecule has 21 heavy (non-hydrogen) atoms. The van der Waals surface area contributed by atoms with Gasteiger partial charge >= 0.3 is 6.18 Å². The lowest BCUT2D eigenvalue weighted by molar-refractivity contribution is -0.137. The lowest BCUT2D eigenvalue weighted by Crippen LogP contribution is -2.09. The summed E-state index contributed by atoms with van der Waals surface area (Å²) in [7, 11) is 0. The molecule has 0 radical (unpaired) electrons. The highest BCUT2D eigenvalue weighted by Gasteiger charge is 2.33. The van der Waals surface area contributed by atoms with E-state index in [4.69, 9.17) is 16.9 Å². The molecule has 108 valence electrons. The predicted molar refractivity (Wildman–Crippen MR) is 74.9 cm³/mol. The van der Waals surface area contributed by atoms with Gasteiger partial charge in [-0.05, 0) is 29.8 Å². The number of alkyl halides is 3. The molecular weight excluding hydrogens is 301 g/mol. The first kappa shape index (κ1) is 15.2. The summed E-state index contributed by atoms with van der Waals surface area (Å²) in [4.78, 5) is 0. The second kappa shape index (κ2) is 6.06. The van der Waals surface area contributed by atoms with Crippen molar-refractivity contribution < 1.29 is 13.2 Å². The Kier molecular flexibility index (Phi) is 4.39. The fraction of sp³-hybridized carbons (Fsp3) is 0.133. The third-order valence-electron chi connectivity index (χ3n) is 2.89. The fourth-order valence-corrected chi connectivity index (χ4v) is 2.03. The zero-order valence-corrected chi connectivity index (χ0v) is 11.5. The maximum Gasteiger partial charge on any atom is 0.417 e. The molecular formula is C15H10ClF3N2. The molecule has 0 aliphatic carbocycles. The van der Waals surface area contributed by atoms with Crippen LogP contribution in [0.25, 0.3) is 0 Å². The quantitative estimate of drug-likeness (QED) is 0.880. The molecule has 0 saturated carbocycles. The number of benzene rings is 2. The predicted octanol–water partition coefficient (Wildman–Crippen LogP) is 4.84. The van der Waals surface area contributed by atoms with Crippen LogP contribution in [0.4, 0.5) is 18.9 Å². The summed E-state index contributed by atoms with van der Waals surface area (Å²) in [5.41, 5.74) is -0.293. The third-order valence-corrected chi connectivity index (χ3v) is 3.25. The van der Waals surface area contributed by atoms with Crippen LogP contribution in [0.15, 0.2) is 42.5 Å².